The summed E-state index contributed by atoms with van der Waals surface area (Å²) < 4.78 is 0. The third kappa shape index (κ3) is 4.01. The van der Waals surface area contributed by atoms with E-state index in [-0.39, 0.29) is 17.7 Å². The summed E-state index contributed by atoms with van der Waals surface area (Å²) >= 11 is 1.39. The Morgan fingerprint density at radius 2 is 2.08 bits per heavy atom. The standard InChI is InChI=1S/C17H21N5O2S/c1-10-16(25-17(20-10)21-11(2)23)15-8-18-14(7-19-15)13-5-4-6-22(9-13)12(3)24/h7-8,13H,4-6,9H2,1-3H3,(H,20,21,23). The van der Waals surface area contributed by atoms with E-state index in [1.54, 1.807) is 19.3 Å². The molecule has 0 bridgehead atoms. The summed E-state index contributed by atoms with van der Waals surface area (Å²) in [6, 6.07) is 0. The maximum atomic E-state index is 11.6. The number of hydrogen-bond donors (Lipinski definition) is 1. The van der Waals surface area contributed by atoms with E-state index in [9.17, 15) is 9.59 Å². The SMILES string of the molecule is CC(=O)Nc1nc(C)c(-c2cnc(C3CCCN(C(C)=O)C3)cn2)s1. The van der Waals surface area contributed by atoms with Gasteiger partial charge in [0.2, 0.25) is 11.8 Å². The summed E-state index contributed by atoms with van der Waals surface area (Å²) in [5, 5.41) is 3.26. The zero-order chi connectivity index (χ0) is 18.0. The van der Waals surface area contributed by atoms with E-state index in [0.717, 1.165) is 41.3 Å². The van der Waals surface area contributed by atoms with E-state index in [0.29, 0.717) is 11.7 Å². The van der Waals surface area contributed by atoms with Gasteiger partial charge in [-0.1, -0.05) is 11.3 Å². The van der Waals surface area contributed by atoms with Crippen LogP contribution < -0.4 is 5.32 Å². The molecule has 1 aliphatic rings. The molecular formula is C17H21N5O2S. The van der Waals surface area contributed by atoms with Crippen molar-refractivity contribution >= 4 is 28.3 Å². The number of hydrogen-bond acceptors (Lipinski definition) is 6. The summed E-state index contributed by atoms with van der Waals surface area (Å²) in [6.45, 7) is 6.48. The monoisotopic (exact) mass is 359 g/mol. The molecule has 0 saturated carbocycles. The average molecular weight is 359 g/mol. The van der Waals surface area contributed by atoms with Crippen LogP contribution in [-0.4, -0.2) is 44.8 Å². The van der Waals surface area contributed by atoms with Crippen LogP contribution in [0.3, 0.4) is 0 Å². The smallest absolute Gasteiger partial charge is 0.223 e. The Hall–Kier alpha value is -2.35. The Kier molecular flexibility index (Phi) is 5.08. The molecule has 25 heavy (non-hydrogen) atoms. The van der Waals surface area contributed by atoms with E-state index in [4.69, 9.17) is 0 Å². The molecule has 2 aromatic rings. The number of nitrogens with one attached hydrogen (secondary N) is 1. The molecule has 1 unspecified atom stereocenters. The highest BCUT2D eigenvalue weighted by Gasteiger charge is 2.24. The summed E-state index contributed by atoms with van der Waals surface area (Å²) in [7, 11) is 0. The second-order valence-corrected chi connectivity index (χ2v) is 7.24. The molecule has 1 saturated heterocycles. The van der Waals surface area contributed by atoms with Gasteiger partial charge in [0.05, 0.1) is 22.5 Å². The molecule has 7 nitrogen and oxygen atoms in total. The number of thiazole rings is 1. The van der Waals surface area contributed by atoms with E-state index in [2.05, 4.69) is 20.3 Å². The summed E-state index contributed by atoms with van der Waals surface area (Å²) in [5.74, 6) is 0.200. The Balaban J connectivity index is 1.77. The molecule has 0 aromatic carbocycles. The first-order valence-electron chi connectivity index (χ1n) is 8.27. The lowest BCUT2D eigenvalue weighted by molar-refractivity contribution is -0.130. The molecule has 0 spiro atoms. The lowest BCUT2D eigenvalue weighted by Gasteiger charge is -2.31. The normalized spacial score (nSPS) is 17.4. The third-order valence-electron chi connectivity index (χ3n) is 4.27. The van der Waals surface area contributed by atoms with Crippen LogP contribution in [0.25, 0.3) is 10.6 Å². The number of nitrogens with zero attached hydrogens (tertiary/aromatic N) is 4. The van der Waals surface area contributed by atoms with Crippen LogP contribution in [0.15, 0.2) is 12.4 Å². The maximum Gasteiger partial charge on any atom is 0.223 e. The number of carbonyl (C=O) groups excluding carboxylic acids is 2. The topological polar surface area (TPSA) is 88.1 Å². The highest BCUT2D eigenvalue weighted by Crippen LogP contribution is 2.32. The molecule has 2 aromatic heterocycles. The minimum Gasteiger partial charge on any atom is -0.342 e. The fourth-order valence-electron chi connectivity index (χ4n) is 3.01. The fraction of sp³-hybridized carbons (Fsp3) is 0.471. The zero-order valence-electron chi connectivity index (χ0n) is 14.6. The van der Waals surface area contributed by atoms with Gasteiger partial charge in [-0.2, -0.15) is 0 Å². The predicted molar refractivity (Wildman–Crippen MR) is 96.4 cm³/mol. The van der Waals surface area contributed by atoms with Crippen molar-refractivity contribution in [1.82, 2.24) is 19.9 Å². The van der Waals surface area contributed by atoms with Crippen molar-refractivity contribution in [3.05, 3.63) is 23.8 Å². The summed E-state index contributed by atoms with van der Waals surface area (Å²) in [6.07, 6.45) is 5.55. The molecule has 1 aliphatic heterocycles. The van der Waals surface area contributed by atoms with E-state index in [1.807, 2.05) is 11.8 Å². The molecule has 3 rings (SSSR count). The number of piperidine rings is 1. The highest BCUT2D eigenvalue weighted by molar-refractivity contribution is 7.19. The predicted octanol–water partition coefficient (Wildman–Crippen LogP) is 2.59. The third-order valence-corrected chi connectivity index (χ3v) is 5.36. The largest absolute Gasteiger partial charge is 0.342 e. The first kappa shape index (κ1) is 17.5. The van der Waals surface area contributed by atoms with E-state index >= 15 is 0 Å². The number of aromatic nitrogens is 3. The van der Waals surface area contributed by atoms with Crippen LogP contribution in [0.5, 0.6) is 0 Å². The van der Waals surface area contributed by atoms with Crippen molar-refractivity contribution in [3.63, 3.8) is 0 Å². The fourth-order valence-corrected chi connectivity index (χ4v) is 3.98. The van der Waals surface area contributed by atoms with Crippen LogP contribution in [-0.2, 0) is 9.59 Å². The van der Waals surface area contributed by atoms with Gasteiger partial charge < -0.3 is 10.2 Å². The van der Waals surface area contributed by atoms with Crippen molar-refractivity contribution in [2.24, 2.45) is 0 Å². The van der Waals surface area contributed by atoms with Gasteiger partial charge in [-0.25, -0.2) is 4.98 Å². The molecule has 1 N–H and O–H groups in total. The molecule has 8 heteroatoms. The van der Waals surface area contributed by atoms with Gasteiger partial charge in [-0.15, -0.1) is 0 Å². The van der Waals surface area contributed by atoms with Gasteiger partial charge in [0.1, 0.15) is 5.69 Å². The number of anilines is 1. The number of aryl methyl sites for hydroxylation is 1. The van der Waals surface area contributed by atoms with Gasteiger partial charge in [-0.05, 0) is 19.8 Å². The van der Waals surface area contributed by atoms with Crippen molar-refractivity contribution in [2.75, 3.05) is 18.4 Å². The zero-order valence-corrected chi connectivity index (χ0v) is 15.4. The summed E-state index contributed by atoms with van der Waals surface area (Å²) in [5.41, 5.74) is 2.48. The van der Waals surface area contributed by atoms with Crippen LogP contribution in [0, 0.1) is 6.92 Å². The van der Waals surface area contributed by atoms with E-state index < -0.39 is 0 Å². The van der Waals surface area contributed by atoms with Gasteiger partial charge in [0.25, 0.3) is 0 Å². The number of likely N-dealkylation sites (tertiary alicyclic amines) is 1. The Morgan fingerprint density at radius 1 is 1.28 bits per heavy atom. The van der Waals surface area contributed by atoms with Crippen LogP contribution >= 0.6 is 11.3 Å². The molecule has 2 amide bonds. The lowest BCUT2D eigenvalue weighted by atomic mass is 9.95. The van der Waals surface area contributed by atoms with Crippen LogP contribution in [0.1, 0.15) is 44.0 Å². The molecule has 3 heterocycles. The first-order valence-corrected chi connectivity index (χ1v) is 9.08. The van der Waals surface area contributed by atoms with Crippen molar-refractivity contribution < 1.29 is 9.59 Å². The Morgan fingerprint density at radius 3 is 2.72 bits per heavy atom. The number of rotatable bonds is 3. The number of amides is 2. The second kappa shape index (κ2) is 7.26. The molecule has 1 atom stereocenters. The van der Waals surface area contributed by atoms with Gasteiger partial charge in [-0.3, -0.25) is 19.6 Å². The second-order valence-electron chi connectivity index (χ2n) is 6.25. The van der Waals surface area contributed by atoms with Crippen LogP contribution in [0.2, 0.25) is 0 Å². The molecule has 1 fully saturated rings. The van der Waals surface area contributed by atoms with Crippen molar-refractivity contribution in [2.45, 2.75) is 39.5 Å². The van der Waals surface area contributed by atoms with Crippen molar-refractivity contribution in [1.29, 1.82) is 0 Å². The highest BCUT2D eigenvalue weighted by atomic mass is 32.1. The maximum absolute atomic E-state index is 11.6. The van der Waals surface area contributed by atoms with Gasteiger partial charge in [0.15, 0.2) is 5.13 Å². The average Bonchev–Trinajstić information content (AvgIpc) is 2.94. The Labute approximate surface area is 150 Å². The quantitative estimate of drug-likeness (QED) is 0.910. The van der Waals surface area contributed by atoms with Gasteiger partial charge in [0, 0.05) is 39.1 Å². The van der Waals surface area contributed by atoms with E-state index in [1.165, 1.54) is 18.3 Å². The molecule has 0 aliphatic carbocycles. The number of carbonyl (C=O) groups is 2. The first-order chi connectivity index (χ1) is 11.9. The lowest BCUT2D eigenvalue weighted by Crippen LogP contribution is -2.37. The molecular weight excluding hydrogens is 338 g/mol. The summed E-state index contributed by atoms with van der Waals surface area (Å²) in [4.78, 5) is 39.0. The molecule has 132 valence electrons. The van der Waals surface area contributed by atoms with Gasteiger partial charge >= 0.3 is 0 Å². The minimum absolute atomic E-state index is 0.111. The van der Waals surface area contributed by atoms with Crippen LogP contribution in [0.4, 0.5) is 5.13 Å². The Bertz CT molecular complexity index is 787. The minimum atomic E-state index is -0.144. The van der Waals surface area contributed by atoms with Crippen molar-refractivity contribution in [3.8, 4) is 10.6 Å². The molecule has 0 radical (unpaired) electrons.